The third kappa shape index (κ3) is 3.09. The lowest BCUT2D eigenvalue weighted by Crippen LogP contribution is -2.20. The Morgan fingerprint density at radius 2 is 1.84 bits per heavy atom. The average Bonchev–Trinajstić information content (AvgIpc) is 2.40. The van der Waals surface area contributed by atoms with Crippen LogP contribution in [0, 0.1) is 18.6 Å². The quantitative estimate of drug-likeness (QED) is 0.918. The number of benzene rings is 2. The van der Waals surface area contributed by atoms with Crippen LogP contribution in [0.3, 0.4) is 0 Å². The first-order valence-electron chi connectivity index (χ1n) is 5.97. The molecule has 2 N–H and O–H groups in total. The number of aryl methyl sites for hydroxylation is 1. The zero-order chi connectivity index (χ0) is 13.8. The largest absolute Gasteiger partial charge is 0.489 e. The molecule has 100 valence electrons. The Kier molecular flexibility index (Phi) is 4.12. The van der Waals surface area contributed by atoms with Gasteiger partial charge in [-0.05, 0) is 24.6 Å². The molecular weight excluding hydrogens is 248 g/mol. The van der Waals surface area contributed by atoms with Crippen LogP contribution in [0.25, 0.3) is 0 Å². The van der Waals surface area contributed by atoms with Crippen molar-refractivity contribution in [2.45, 2.75) is 13.0 Å². The Bertz CT molecular complexity index is 572. The topological polar surface area (TPSA) is 35.2 Å². The zero-order valence-electron chi connectivity index (χ0n) is 10.6. The highest BCUT2D eigenvalue weighted by molar-refractivity contribution is 5.30. The molecule has 1 unspecified atom stereocenters. The third-order valence-corrected chi connectivity index (χ3v) is 2.88. The summed E-state index contributed by atoms with van der Waals surface area (Å²) in [6.07, 6.45) is 0. The minimum absolute atomic E-state index is 0.0152. The summed E-state index contributed by atoms with van der Waals surface area (Å²) < 4.78 is 32.5. The van der Waals surface area contributed by atoms with Crippen LogP contribution in [0.1, 0.15) is 17.2 Å². The van der Waals surface area contributed by atoms with Crippen molar-refractivity contribution in [1.29, 1.82) is 0 Å². The molecule has 0 saturated carbocycles. The van der Waals surface area contributed by atoms with E-state index in [-0.39, 0.29) is 18.2 Å². The molecule has 0 saturated heterocycles. The highest BCUT2D eigenvalue weighted by atomic mass is 19.1. The maximum Gasteiger partial charge on any atom is 0.167 e. The number of hydrogen-bond acceptors (Lipinski definition) is 2. The van der Waals surface area contributed by atoms with E-state index in [9.17, 15) is 8.78 Å². The monoisotopic (exact) mass is 263 g/mol. The minimum atomic E-state index is -0.638. The molecule has 2 nitrogen and oxygen atoms in total. The van der Waals surface area contributed by atoms with Gasteiger partial charge in [-0.15, -0.1) is 0 Å². The molecule has 0 spiro atoms. The number of ether oxygens (including phenoxy) is 1. The molecule has 0 heterocycles. The van der Waals surface area contributed by atoms with Crippen LogP contribution in [0.5, 0.6) is 5.75 Å². The van der Waals surface area contributed by atoms with Crippen LogP contribution < -0.4 is 10.5 Å². The van der Waals surface area contributed by atoms with E-state index in [1.807, 2.05) is 0 Å². The molecule has 0 aliphatic rings. The number of rotatable bonds is 4. The summed E-state index contributed by atoms with van der Waals surface area (Å²) in [4.78, 5) is 0. The molecule has 2 aromatic carbocycles. The molecule has 2 aromatic rings. The Hall–Kier alpha value is -1.94. The third-order valence-electron chi connectivity index (χ3n) is 2.88. The SMILES string of the molecule is Cc1cccc(OCC(N)c2ccccc2F)c1F. The van der Waals surface area contributed by atoms with Crippen LogP contribution in [0.15, 0.2) is 42.5 Å². The van der Waals surface area contributed by atoms with Crippen molar-refractivity contribution in [3.05, 3.63) is 65.2 Å². The average molecular weight is 263 g/mol. The summed E-state index contributed by atoms with van der Waals surface area (Å²) in [6, 6.07) is 10.5. The maximum atomic E-state index is 13.7. The Morgan fingerprint density at radius 3 is 2.58 bits per heavy atom. The molecule has 0 radical (unpaired) electrons. The van der Waals surface area contributed by atoms with Gasteiger partial charge in [0, 0.05) is 5.56 Å². The second kappa shape index (κ2) is 5.80. The normalized spacial score (nSPS) is 12.2. The molecule has 0 amide bonds. The van der Waals surface area contributed by atoms with Crippen LogP contribution >= 0.6 is 0 Å². The van der Waals surface area contributed by atoms with Gasteiger partial charge in [0.25, 0.3) is 0 Å². The molecule has 1 atom stereocenters. The van der Waals surface area contributed by atoms with Crippen molar-refractivity contribution >= 4 is 0 Å². The van der Waals surface area contributed by atoms with E-state index in [1.54, 1.807) is 37.3 Å². The fourth-order valence-corrected chi connectivity index (χ4v) is 1.78. The highest BCUT2D eigenvalue weighted by Gasteiger charge is 2.13. The van der Waals surface area contributed by atoms with Crippen molar-refractivity contribution in [3.63, 3.8) is 0 Å². The lowest BCUT2D eigenvalue weighted by Gasteiger charge is -2.15. The van der Waals surface area contributed by atoms with E-state index in [1.165, 1.54) is 12.1 Å². The van der Waals surface area contributed by atoms with Gasteiger partial charge in [-0.3, -0.25) is 0 Å². The first-order valence-corrected chi connectivity index (χ1v) is 5.97. The second-order valence-corrected chi connectivity index (χ2v) is 4.33. The first-order chi connectivity index (χ1) is 9.09. The van der Waals surface area contributed by atoms with Gasteiger partial charge in [0.1, 0.15) is 12.4 Å². The van der Waals surface area contributed by atoms with Crippen LogP contribution in [0.4, 0.5) is 8.78 Å². The van der Waals surface area contributed by atoms with E-state index < -0.39 is 11.9 Å². The Labute approximate surface area is 110 Å². The van der Waals surface area contributed by atoms with Crippen LogP contribution in [0.2, 0.25) is 0 Å². The molecule has 0 aromatic heterocycles. The van der Waals surface area contributed by atoms with Gasteiger partial charge >= 0.3 is 0 Å². The lowest BCUT2D eigenvalue weighted by atomic mass is 10.1. The molecule has 0 bridgehead atoms. The molecule has 19 heavy (non-hydrogen) atoms. The van der Waals surface area contributed by atoms with Crippen LogP contribution in [-0.2, 0) is 0 Å². The van der Waals surface area contributed by atoms with E-state index in [2.05, 4.69) is 0 Å². The predicted molar refractivity (Wildman–Crippen MR) is 70.0 cm³/mol. The van der Waals surface area contributed by atoms with Crippen molar-refractivity contribution in [3.8, 4) is 5.75 Å². The van der Waals surface area contributed by atoms with Crippen molar-refractivity contribution in [1.82, 2.24) is 0 Å². The van der Waals surface area contributed by atoms with Gasteiger partial charge in [-0.1, -0.05) is 30.3 Å². The minimum Gasteiger partial charge on any atom is -0.489 e. The van der Waals surface area contributed by atoms with Gasteiger partial charge in [0.2, 0.25) is 0 Å². The number of halogens is 2. The van der Waals surface area contributed by atoms with Crippen molar-refractivity contribution < 1.29 is 13.5 Å². The van der Waals surface area contributed by atoms with Gasteiger partial charge in [-0.25, -0.2) is 8.78 Å². The van der Waals surface area contributed by atoms with Gasteiger partial charge < -0.3 is 10.5 Å². The van der Waals surface area contributed by atoms with E-state index in [0.29, 0.717) is 11.1 Å². The Morgan fingerprint density at radius 1 is 1.11 bits per heavy atom. The molecule has 2 rings (SSSR count). The lowest BCUT2D eigenvalue weighted by molar-refractivity contribution is 0.274. The molecule has 0 fully saturated rings. The van der Waals surface area contributed by atoms with Crippen molar-refractivity contribution in [2.75, 3.05) is 6.61 Å². The fourth-order valence-electron chi connectivity index (χ4n) is 1.78. The molecule has 0 aliphatic heterocycles. The Balaban J connectivity index is 2.07. The smallest absolute Gasteiger partial charge is 0.167 e. The summed E-state index contributed by atoms with van der Waals surface area (Å²) in [5.41, 5.74) is 6.70. The second-order valence-electron chi connectivity index (χ2n) is 4.33. The van der Waals surface area contributed by atoms with Crippen LogP contribution in [-0.4, -0.2) is 6.61 Å². The van der Waals surface area contributed by atoms with Crippen molar-refractivity contribution in [2.24, 2.45) is 5.73 Å². The summed E-state index contributed by atoms with van der Waals surface area (Å²) in [5.74, 6) is -0.668. The summed E-state index contributed by atoms with van der Waals surface area (Å²) in [7, 11) is 0. The predicted octanol–water partition coefficient (Wildman–Crippen LogP) is 3.35. The molecular formula is C15H15F2NO. The standard InChI is InChI=1S/C15H15F2NO/c1-10-5-4-8-14(15(10)17)19-9-13(18)11-6-2-3-7-12(11)16/h2-8,13H,9,18H2,1H3. The summed E-state index contributed by atoms with van der Waals surface area (Å²) in [5, 5.41) is 0. The first kappa shape index (κ1) is 13.5. The number of nitrogens with two attached hydrogens (primary N) is 1. The summed E-state index contributed by atoms with van der Waals surface area (Å²) >= 11 is 0. The van der Waals surface area contributed by atoms with E-state index >= 15 is 0 Å². The summed E-state index contributed by atoms with van der Waals surface area (Å²) in [6.45, 7) is 1.67. The highest BCUT2D eigenvalue weighted by Crippen LogP contribution is 2.21. The zero-order valence-corrected chi connectivity index (χ0v) is 10.6. The van der Waals surface area contributed by atoms with Gasteiger partial charge in [0.15, 0.2) is 11.6 Å². The fraction of sp³-hybridized carbons (Fsp3) is 0.200. The molecule has 0 aliphatic carbocycles. The van der Waals surface area contributed by atoms with Gasteiger partial charge in [-0.2, -0.15) is 0 Å². The van der Waals surface area contributed by atoms with E-state index in [0.717, 1.165) is 0 Å². The maximum absolute atomic E-state index is 13.7. The van der Waals surface area contributed by atoms with E-state index in [4.69, 9.17) is 10.5 Å². The number of hydrogen-bond donors (Lipinski definition) is 1. The van der Waals surface area contributed by atoms with Gasteiger partial charge in [0.05, 0.1) is 6.04 Å². The molecule has 4 heteroatoms.